The molecule has 0 aliphatic heterocycles. The molecule has 0 amide bonds. The van der Waals surface area contributed by atoms with E-state index >= 15 is 0 Å². The highest BCUT2D eigenvalue weighted by atomic mass is 35.5. The van der Waals surface area contributed by atoms with Crippen LogP contribution < -0.4 is 0 Å². The number of halogens is 1. The fourth-order valence-electron chi connectivity index (χ4n) is 1.26. The highest BCUT2D eigenvalue weighted by Gasteiger charge is 2.20. The third-order valence-corrected chi connectivity index (χ3v) is 3.33. The largest absolute Gasteiger partial charge is 0.297 e. The second-order valence-electron chi connectivity index (χ2n) is 4.51. The van der Waals surface area contributed by atoms with E-state index in [0.717, 1.165) is 13.0 Å². The molecule has 1 aromatic rings. The van der Waals surface area contributed by atoms with Crippen molar-refractivity contribution in [3.63, 3.8) is 0 Å². The van der Waals surface area contributed by atoms with Crippen molar-refractivity contribution in [1.82, 2.24) is 9.88 Å². The van der Waals surface area contributed by atoms with E-state index in [1.54, 1.807) is 0 Å². The molecule has 0 bridgehead atoms. The van der Waals surface area contributed by atoms with Gasteiger partial charge >= 0.3 is 0 Å². The summed E-state index contributed by atoms with van der Waals surface area (Å²) in [5, 5.41) is 0.552. The summed E-state index contributed by atoms with van der Waals surface area (Å²) >= 11 is 5.74. The molecule has 0 radical (unpaired) electrons. The average Bonchev–Trinajstić information content (AvgIpc) is 2.21. The number of nitrogens with zero attached hydrogens (tertiary/aromatic N) is 2. The number of rotatable bonds is 4. The Hall–Kier alpha value is -0.600. The van der Waals surface area contributed by atoms with E-state index in [1.165, 1.54) is 5.56 Å². The van der Waals surface area contributed by atoms with Crippen LogP contribution >= 0.6 is 11.6 Å². The van der Waals surface area contributed by atoms with Gasteiger partial charge in [-0.05, 0) is 38.9 Å². The van der Waals surface area contributed by atoms with Gasteiger partial charge in [-0.2, -0.15) is 0 Å². The van der Waals surface area contributed by atoms with E-state index in [-0.39, 0.29) is 5.54 Å². The van der Waals surface area contributed by atoms with Crippen LogP contribution in [0.1, 0.15) is 32.8 Å². The number of aromatic nitrogens is 1. The molecule has 0 fully saturated rings. The Morgan fingerprint density at radius 2 is 2.07 bits per heavy atom. The maximum absolute atomic E-state index is 5.74. The second kappa shape index (κ2) is 4.95. The van der Waals surface area contributed by atoms with Gasteiger partial charge in [-0.3, -0.25) is 4.90 Å². The molecule has 0 aliphatic carbocycles. The molecule has 84 valence electrons. The minimum absolute atomic E-state index is 0.222. The zero-order chi connectivity index (χ0) is 11.5. The van der Waals surface area contributed by atoms with Crippen molar-refractivity contribution in [2.75, 3.05) is 7.05 Å². The number of hydrogen-bond acceptors (Lipinski definition) is 2. The predicted octanol–water partition coefficient (Wildman–Crippen LogP) is 3.36. The van der Waals surface area contributed by atoms with Gasteiger partial charge in [-0.15, -0.1) is 0 Å². The molecule has 15 heavy (non-hydrogen) atoms. The Morgan fingerprint density at radius 1 is 1.40 bits per heavy atom. The van der Waals surface area contributed by atoms with Gasteiger partial charge in [0.15, 0.2) is 0 Å². The summed E-state index contributed by atoms with van der Waals surface area (Å²) in [5.74, 6) is 0. The molecule has 0 aromatic carbocycles. The van der Waals surface area contributed by atoms with Gasteiger partial charge in [0.25, 0.3) is 0 Å². The van der Waals surface area contributed by atoms with E-state index in [2.05, 4.69) is 37.7 Å². The lowest BCUT2D eigenvalue weighted by Crippen LogP contribution is -2.39. The van der Waals surface area contributed by atoms with Crippen LogP contribution in [0, 0.1) is 0 Å². The minimum atomic E-state index is 0.222. The van der Waals surface area contributed by atoms with E-state index in [9.17, 15) is 0 Å². The second-order valence-corrected chi connectivity index (χ2v) is 4.90. The summed E-state index contributed by atoms with van der Waals surface area (Å²) in [4.78, 5) is 6.41. The Labute approximate surface area is 97.3 Å². The maximum atomic E-state index is 5.74. The Bertz CT molecular complexity index is 306. The van der Waals surface area contributed by atoms with Crippen LogP contribution in [0.15, 0.2) is 18.3 Å². The van der Waals surface area contributed by atoms with Crippen molar-refractivity contribution in [3.05, 3.63) is 29.0 Å². The minimum Gasteiger partial charge on any atom is -0.297 e. The number of hydrogen-bond donors (Lipinski definition) is 0. The number of pyridine rings is 1. The lowest BCUT2D eigenvalue weighted by Gasteiger charge is -2.34. The molecule has 0 saturated heterocycles. The van der Waals surface area contributed by atoms with Crippen LogP contribution in [0.4, 0.5) is 0 Å². The summed E-state index contributed by atoms with van der Waals surface area (Å²) < 4.78 is 0. The average molecular weight is 227 g/mol. The molecule has 2 nitrogen and oxygen atoms in total. The van der Waals surface area contributed by atoms with E-state index in [4.69, 9.17) is 11.6 Å². The molecule has 0 spiro atoms. The SMILES string of the molecule is CCC(C)(C)N(C)Cc1ccc(Cl)nc1. The van der Waals surface area contributed by atoms with Crippen molar-refractivity contribution >= 4 is 11.6 Å². The van der Waals surface area contributed by atoms with Crippen LogP contribution in [-0.2, 0) is 6.54 Å². The standard InChI is InChI=1S/C12H19ClN2/c1-5-12(2,3)15(4)9-10-6-7-11(13)14-8-10/h6-8H,5,9H2,1-4H3. The first kappa shape index (κ1) is 12.5. The van der Waals surface area contributed by atoms with Crippen molar-refractivity contribution in [2.24, 2.45) is 0 Å². The van der Waals surface area contributed by atoms with Gasteiger partial charge in [0.2, 0.25) is 0 Å². The molecule has 0 atom stereocenters. The predicted molar refractivity (Wildman–Crippen MR) is 65.1 cm³/mol. The first-order chi connectivity index (χ1) is 6.95. The highest BCUT2D eigenvalue weighted by Crippen LogP contribution is 2.19. The van der Waals surface area contributed by atoms with Gasteiger partial charge in [0.05, 0.1) is 0 Å². The van der Waals surface area contributed by atoms with Crippen molar-refractivity contribution < 1.29 is 0 Å². The molecule has 0 unspecified atom stereocenters. The maximum Gasteiger partial charge on any atom is 0.129 e. The fourth-order valence-corrected chi connectivity index (χ4v) is 1.37. The van der Waals surface area contributed by atoms with Crippen LogP contribution in [0.2, 0.25) is 5.15 Å². The smallest absolute Gasteiger partial charge is 0.129 e. The van der Waals surface area contributed by atoms with Gasteiger partial charge in [-0.1, -0.05) is 24.6 Å². The first-order valence-corrected chi connectivity index (χ1v) is 5.65. The lowest BCUT2D eigenvalue weighted by molar-refractivity contribution is 0.143. The Balaban J connectivity index is 2.66. The molecule has 0 N–H and O–H groups in total. The normalized spacial score (nSPS) is 12.1. The van der Waals surface area contributed by atoms with Gasteiger partial charge < -0.3 is 0 Å². The molecule has 1 aromatic heterocycles. The van der Waals surface area contributed by atoms with Crippen molar-refractivity contribution in [1.29, 1.82) is 0 Å². The van der Waals surface area contributed by atoms with Gasteiger partial charge in [0.1, 0.15) is 5.15 Å². The topological polar surface area (TPSA) is 16.1 Å². The van der Waals surface area contributed by atoms with Gasteiger partial charge in [-0.25, -0.2) is 4.98 Å². The zero-order valence-corrected chi connectivity index (χ0v) is 10.7. The van der Waals surface area contributed by atoms with Crippen LogP contribution in [0.5, 0.6) is 0 Å². The van der Waals surface area contributed by atoms with Crippen molar-refractivity contribution in [3.8, 4) is 0 Å². The molecule has 3 heteroatoms. The van der Waals surface area contributed by atoms with Crippen molar-refractivity contribution in [2.45, 2.75) is 39.3 Å². The van der Waals surface area contributed by atoms with E-state index in [0.29, 0.717) is 5.15 Å². The monoisotopic (exact) mass is 226 g/mol. The Morgan fingerprint density at radius 3 is 2.53 bits per heavy atom. The highest BCUT2D eigenvalue weighted by molar-refractivity contribution is 6.29. The first-order valence-electron chi connectivity index (χ1n) is 5.27. The molecule has 1 heterocycles. The van der Waals surface area contributed by atoms with Gasteiger partial charge in [0, 0.05) is 18.3 Å². The third-order valence-electron chi connectivity index (χ3n) is 3.11. The zero-order valence-electron chi connectivity index (χ0n) is 9.92. The quantitative estimate of drug-likeness (QED) is 0.732. The summed E-state index contributed by atoms with van der Waals surface area (Å²) in [6.45, 7) is 7.61. The summed E-state index contributed by atoms with van der Waals surface area (Å²) in [5.41, 5.74) is 1.42. The molecular weight excluding hydrogens is 208 g/mol. The van der Waals surface area contributed by atoms with Crippen LogP contribution in [-0.4, -0.2) is 22.5 Å². The molecular formula is C12H19ClN2. The summed E-state index contributed by atoms with van der Waals surface area (Å²) in [6, 6.07) is 3.86. The molecule has 0 saturated carbocycles. The van der Waals surface area contributed by atoms with E-state index in [1.807, 2.05) is 18.3 Å². The summed E-state index contributed by atoms with van der Waals surface area (Å²) in [6.07, 6.45) is 2.97. The Kier molecular flexibility index (Phi) is 4.12. The molecule has 1 rings (SSSR count). The lowest BCUT2D eigenvalue weighted by atomic mass is 9.99. The van der Waals surface area contributed by atoms with Crippen LogP contribution in [0.3, 0.4) is 0 Å². The molecule has 0 aliphatic rings. The van der Waals surface area contributed by atoms with Crippen LogP contribution in [0.25, 0.3) is 0 Å². The van der Waals surface area contributed by atoms with E-state index < -0.39 is 0 Å². The third kappa shape index (κ3) is 3.47. The fraction of sp³-hybridized carbons (Fsp3) is 0.583. The summed E-state index contributed by atoms with van der Waals surface area (Å²) in [7, 11) is 2.14.